The average molecular weight is 204 g/mol. The monoisotopic (exact) mass is 204 g/mol. The number of hydrogen-bond donors (Lipinski definition) is 2. The summed E-state index contributed by atoms with van der Waals surface area (Å²) in [6, 6.07) is 6.50. The van der Waals surface area contributed by atoms with E-state index >= 15 is 0 Å². The maximum absolute atomic E-state index is 9.13. The number of benzene rings is 1. The first-order valence-corrected chi connectivity index (χ1v) is 4.67. The van der Waals surface area contributed by atoms with E-state index in [0.717, 1.165) is 5.56 Å². The number of phenolic OH excluding ortho intramolecular Hbond substituents is 1. The normalized spacial score (nSPS) is 12.7. The molecule has 2 aromatic rings. The Morgan fingerprint density at radius 1 is 1.33 bits per heavy atom. The topological polar surface area (TPSA) is 72.3 Å². The first-order valence-electron chi connectivity index (χ1n) is 4.67. The Balaban J connectivity index is 2.33. The van der Waals surface area contributed by atoms with Gasteiger partial charge in [0.25, 0.3) is 0 Å². The highest BCUT2D eigenvalue weighted by Crippen LogP contribution is 2.23. The lowest BCUT2D eigenvalue weighted by Crippen LogP contribution is -2.02. The van der Waals surface area contributed by atoms with Gasteiger partial charge in [0.2, 0.25) is 5.89 Å². The molecule has 0 saturated carbocycles. The molecule has 0 aliphatic carbocycles. The van der Waals surface area contributed by atoms with Crippen LogP contribution in [0.5, 0.6) is 5.75 Å². The molecule has 1 aromatic carbocycles. The van der Waals surface area contributed by atoms with Crippen molar-refractivity contribution in [1.29, 1.82) is 0 Å². The predicted octanol–water partition coefficient (Wildman–Crippen LogP) is 2.07. The van der Waals surface area contributed by atoms with Gasteiger partial charge in [-0.1, -0.05) is 0 Å². The zero-order valence-corrected chi connectivity index (χ0v) is 8.34. The molecule has 0 aliphatic rings. The van der Waals surface area contributed by atoms with Crippen LogP contribution in [0.15, 0.2) is 34.9 Å². The molecule has 78 valence electrons. The highest BCUT2D eigenvalue weighted by atomic mass is 16.4. The molecule has 2 rings (SSSR count). The third kappa shape index (κ3) is 1.99. The molecule has 0 radical (unpaired) electrons. The van der Waals surface area contributed by atoms with Crippen LogP contribution in [0.3, 0.4) is 0 Å². The van der Waals surface area contributed by atoms with E-state index in [4.69, 9.17) is 15.3 Å². The van der Waals surface area contributed by atoms with Gasteiger partial charge in [0.05, 0.1) is 12.2 Å². The van der Waals surface area contributed by atoms with Gasteiger partial charge in [0, 0.05) is 5.56 Å². The number of hydrogen-bond acceptors (Lipinski definition) is 4. The first kappa shape index (κ1) is 9.73. The molecule has 0 bridgehead atoms. The number of aromatic nitrogens is 1. The Hall–Kier alpha value is -1.81. The fourth-order valence-corrected chi connectivity index (χ4v) is 1.23. The minimum absolute atomic E-state index is 0.164. The fourth-order valence-electron chi connectivity index (χ4n) is 1.23. The lowest BCUT2D eigenvalue weighted by Gasteiger charge is -1.98. The van der Waals surface area contributed by atoms with Gasteiger partial charge in [-0.25, -0.2) is 4.98 Å². The minimum Gasteiger partial charge on any atom is -0.508 e. The minimum atomic E-state index is -0.164. The van der Waals surface area contributed by atoms with E-state index in [1.165, 1.54) is 0 Å². The lowest BCUT2D eigenvalue weighted by molar-refractivity contribution is 0.474. The Bertz CT molecular complexity index is 446. The summed E-state index contributed by atoms with van der Waals surface area (Å²) in [5.74, 6) is 1.39. The van der Waals surface area contributed by atoms with E-state index in [-0.39, 0.29) is 11.8 Å². The van der Waals surface area contributed by atoms with Crippen LogP contribution in [-0.2, 0) is 0 Å². The van der Waals surface area contributed by atoms with E-state index in [2.05, 4.69) is 4.98 Å². The second-order valence-electron chi connectivity index (χ2n) is 3.40. The van der Waals surface area contributed by atoms with Crippen LogP contribution in [0.25, 0.3) is 11.5 Å². The fraction of sp³-hybridized carbons (Fsp3) is 0.182. The van der Waals surface area contributed by atoms with Gasteiger partial charge >= 0.3 is 0 Å². The van der Waals surface area contributed by atoms with E-state index in [1.807, 2.05) is 6.92 Å². The van der Waals surface area contributed by atoms with Crippen LogP contribution >= 0.6 is 0 Å². The molecule has 1 atom stereocenters. The van der Waals surface area contributed by atoms with Crippen LogP contribution in [0.2, 0.25) is 0 Å². The van der Waals surface area contributed by atoms with Crippen LogP contribution in [0, 0.1) is 0 Å². The summed E-state index contributed by atoms with van der Waals surface area (Å²) in [5.41, 5.74) is 6.47. The summed E-state index contributed by atoms with van der Waals surface area (Å²) in [6.07, 6.45) is 1.62. The molecule has 1 unspecified atom stereocenters. The van der Waals surface area contributed by atoms with Gasteiger partial charge in [-0.2, -0.15) is 0 Å². The van der Waals surface area contributed by atoms with Crippen molar-refractivity contribution in [1.82, 2.24) is 4.98 Å². The Labute approximate surface area is 87.4 Å². The van der Waals surface area contributed by atoms with Crippen LogP contribution in [-0.4, -0.2) is 10.1 Å². The number of oxazole rings is 1. The molecule has 0 aliphatic heterocycles. The van der Waals surface area contributed by atoms with E-state index in [9.17, 15) is 0 Å². The molecule has 4 heteroatoms. The Morgan fingerprint density at radius 3 is 2.53 bits per heavy atom. The summed E-state index contributed by atoms with van der Waals surface area (Å²) in [6.45, 7) is 1.83. The zero-order valence-electron chi connectivity index (χ0n) is 8.34. The maximum atomic E-state index is 9.13. The van der Waals surface area contributed by atoms with Crippen molar-refractivity contribution < 1.29 is 9.52 Å². The second kappa shape index (κ2) is 3.74. The molecule has 0 spiro atoms. The van der Waals surface area contributed by atoms with Crippen molar-refractivity contribution in [3.05, 3.63) is 36.2 Å². The predicted molar refractivity (Wildman–Crippen MR) is 56.2 cm³/mol. The summed E-state index contributed by atoms with van der Waals surface area (Å²) >= 11 is 0. The summed E-state index contributed by atoms with van der Waals surface area (Å²) in [4.78, 5) is 4.11. The van der Waals surface area contributed by atoms with Crippen molar-refractivity contribution in [3.63, 3.8) is 0 Å². The van der Waals surface area contributed by atoms with E-state index in [0.29, 0.717) is 11.7 Å². The van der Waals surface area contributed by atoms with E-state index in [1.54, 1.807) is 30.5 Å². The summed E-state index contributed by atoms with van der Waals surface area (Å²) in [7, 11) is 0. The smallest absolute Gasteiger partial charge is 0.226 e. The lowest BCUT2D eigenvalue weighted by atomic mass is 10.2. The van der Waals surface area contributed by atoms with Crippen molar-refractivity contribution in [2.45, 2.75) is 13.0 Å². The molecule has 0 saturated heterocycles. The van der Waals surface area contributed by atoms with Crippen LogP contribution in [0.4, 0.5) is 0 Å². The highest BCUT2D eigenvalue weighted by molar-refractivity contribution is 5.54. The summed E-state index contributed by atoms with van der Waals surface area (Å²) < 4.78 is 5.45. The standard InChI is InChI=1S/C11H12N2O2/c1-7(12)10-6-13-11(15-10)8-2-4-9(14)5-3-8/h2-7,14H,12H2,1H3. The molecule has 3 N–H and O–H groups in total. The van der Waals surface area contributed by atoms with Gasteiger partial charge in [-0.15, -0.1) is 0 Å². The highest BCUT2D eigenvalue weighted by Gasteiger charge is 2.09. The van der Waals surface area contributed by atoms with Gasteiger partial charge in [-0.3, -0.25) is 0 Å². The second-order valence-corrected chi connectivity index (χ2v) is 3.40. The SMILES string of the molecule is CC(N)c1cnc(-c2ccc(O)cc2)o1. The van der Waals surface area contributed by atoms with Gasteiger partial charge in [-0.05, 0) is 31.2 Å². The van der Waals surface area contributed by atoms with E-state index < -0.39 is 0 Å². The third-order valence-corrected chi connectivity index (χ3v) is 2.09. The van der Waals surface area contributed by atoms with Crippen LogP contribution < -0.4 is 5.73 Å². The maximum Gasteiger partial charge on any atom is 0.226 e. The average Bonchev–Trinajstić information content (AvgIpc) is 2.68. The van der Waals surface area contributed by atoms with Crippen molar-refractivity contribution >= 4 is 0 Å². The number of nitrogens with zero attached hydrogens (tertiary/aromatic N) is 1. The summed E-state index contributed by atoms with van der Waals surface area (Å²) in [5, 5.41) is 9.13. The van der Waals surface area contributed by atoms with Crippen LogP contribution in [0.1, 0.15) is 18.7 Å². The molecular formula is C11H12N2O2. The molecular weight excluding hydrogens is 192 g/mol. The first-order chi connectivity index (χ1) is 7.16. The number of phenols is 1. The molecule has 1 heterocycles. The van der Waals surface area contributed by atoms with Gasteiger partial charge in [0.15, 0.2) is 0 Å². The van der Waals surface area contributed by atoms with Gasteiger partial charge in [0.1, 0.15) is 11.5 Å². The number of aromatic hydroxyl groups is 1. The quantitative estimate of drug-likeness (QED) is 0.785. The largest absolute Gasteiger partial charge is 0.508 e. The van der Waals surface area contributed by atoms with Crippen molar-refractivity contribution in [2.75, 3.05) is 0 Å². The molecule has 15 heavy (non-hydrogen) atoms. The van der Waals surface area contributed by atoms with Gasteiger partial charge < -0.3 is 15.3 Å². The molecule has 0 amide bonds. The molecule has 1 aromatic heterocycles. The zero-order chi connectivity index (χ0) is 10.8. The number of nitrogens with two attached hydrogens (primary N) is 1. The molecule has 0 fully saturated rings. The third-order valence-electron chi connectivity index (χ3n) is 2.09. The number of rotatable bonds is 2. The van der Waals surface area contributed by atoms with Crippen molar-refractivity contribution in [3.8, 4) is 17.2 Å². The Morgan fingerprint density at radius 2 is 2.00 bits per heavy atom. The van der Waals surface area contributed by atoms with Crippen molar-refractivity contribution in [2.24, 2.45) is 5.73 Å². The Kier molecular flexibility index (Phi) is 2.43. The molecule has 4 nitrogen and oxygen atoms in total.